The molecule has 1 aromatic carbocycles. The van der Waals surface area contributed by atoms with E-state index in [1.807, 2.05) is 19.1 Å². The van der Waals surface area contributed by atoms with Gasteiger partial charge in [0.2, 0.25) is 3.79 Å². The Bertz CT molecular complexity index is 648. The van der Waals surface area contributed by atoms with E-state index in [1.54, 1.807) is 12.1 Å². The van der Waals surface area contributed by atoms with E-state index >= 15 is 0 Å². The van der Waals surface area contributed by atoms with Crippen LogP contribution in [0.5, 0.6) is 0 Å². The zero-order chi connectivity index (χ0) is 19.4. The highest BCUT2D eigenvalue weighted by atomic mass is 35.6. The molecule has 0 aliphatic carbocycles. The number of carbonyl (C=O) groups excluding carboxylic acids is 1. The molecule has 2 aliphatic heterocycles. The lowest BCUT2D eigenvalue weighted by atomic mass is 9.84. The van der Waals surface area contributed by atoms with Gasteiger partial charge < -0.3 is 15.0 Å². The fourth-order valence-electron chi connectivity index (χ4n) is 4.20. The molecule has 2 heterocycles. The van der Waals surface area contributed by atoms with Gasteiger partial charge >= 0.3 is 0 Å². The molecule has 0 bridgehead atoms. The third-order valence-corrected chi connectivity index (χ3v) is 6.14. The molecule has 2 aliphatic rings. The summed E-state index contributed by atoms with van der Waals surface area (Å²) in [5.74, 6) is 0.0998. The number of alkyl halides is 3. The monoisotopic (exact) mass is 432 g/mol. The highest BCUT2D eigenvalue weighted by molar-refractivity contribution is 6.68. The Balaban J connectivity index is 1.62. The molecular weight excluding hydrogens is 407 g/mol. The van der Waals surface area contributed by atoms with Crippen molar-refractivity contribution in [1.29, 1.82) is 0 Å². The van der Waals surface area contributed by atoms with Crippen molar-refractivity contribution >= 4 is 40.7 Å². The molecule has 0 unspecified atom stereocenters. The van der Waals surface area contributed by atoms with Gasteiger partial charge in [-0.15, -0.1) is 0 Å². The van der Waals surface area contributed by atoms with Crippen LogP contribution in [0.1, 0.15) is 48.0 Å². The third kappa shape index (κ3) is 5.74. The van der Waals surface area contributed by atoms with Gasteiger partial charge in [-0.2, -0.15) is 0 Å². The number of carbonyl (C=O) groups is 1. The summed E-state index contributed by atoms with van der Waals surface area (Å²) >= 11 is 18.3. The van der Waals surface area contributed by atoms with Crippen LogP contribution in [-0.4, -0.2) is 46.6 Å². The Labute approximate surface area is 176 Å². The van der Waals surface area contributed by atoms with E-state index in [0.29, 0.717) is 24.1 Å². The Morgan fingerprint density at radius 3 is 2.78 bits per heavy atom. The molecule has 0 saturated carbocycles. The molecule has 3 atom stereocenters. The standard InChI is InChI=1S/C20H27Cl3N2O2/c1-14-6-4-7-15(12-14)18(26)24-19(20(21,22)23)27-13-16-8-5-11-25-10-3-2-9-17(16)25/h4,6-7,12,16-17,19H,2-3,5,8-11,13H2,1H3,(H,24,26)/t16-,17-,19+/m0/s1. The lowest BCUT2D eigenvalue weighted by Crippen LogP contribution is -2.51. The number of aryl methyl sites for hydroxylation is 1. The minimum absolute atomic E-state index is 0.307. The zero-order valence-electron chi connectivity index (χ0n) is 15.6. The largest absolute Gasteiger partial charge is 0.354 e. The number of nitrogens with one attached hydrogen (secondary N) is 1. The molecule has 2 saturated heterocycles. The second kappa shape index (κ2) is 9.32. The summed E-state index contributed by atoms with van der Waals surface area (Å²) in [6.07, 6.45) is 5.01. The maximum atomic E-state index is 12.6. The predicted molar refractivity (Wildman–Crippen MR) is 111 cm³/mol. The van der Waals surface area contributed by atoms with E-state index < -0.39 is 10.0 Å². The van der Waals surface area contributed by atoms with Gasteiger partial charge in [-0.1, -0.05) is 58.9 Å². The van der Waals surface area contributed by atoms with Crippen LogP contribution in [0.4, 0.5) is 0 Å². The topological polar surface area (TPSA) is 41.6 Å². The highest BCUT2D eigenvalue weighted by Gasteiger charge is 2.38. The average Bonchev–Trinajstić information content (AvgIpc) is 2.64. The Morgan fingerprint density at radius 1 is 1.26 bits per heavy atom. The number of hydrogen-bond donors (Lipinski definition) is 1. The number of ether oxygens (including phenoxy) is 1. The average molecular weight is 434 g/mol. The number of fused-ring (bicyclic) bond motifs is 1. The summed E-state index contributed by atoms with van der Waals surface area (Å²) in [7, 11) is 0. The molecule has 0 radical (unpaired) electrons. The molecule has 1 aromatic rings. The van der Waals surface area contributed by atoms with Crippen LogP contribution in [-0.2, 0) is 4.74 Å². The van der Waals surface area contributed by atoms with Crippen LogP contribution in [0.2, 0.25) is 0 Å². The fraction of sp³-hybridized carbons (Fsp3) is 0.650. The number of amides is 1. The van der Waals surface area contributed by atoms with E-state index in [0.717, 1.165) is 12.0 Å². The van der Waals surface area contributed by atoms with E-state index in [-0.39, 0.29) is 5.91 Å². The van der Waals surface area contributed by atoms with Gasteiger partial charge in [0.1, 0.15) is 0 Å². The van der Waals surface area contributed by atoms with Crippen molar-refractivity contribution in [3.8, 4) is 0 Å². The van der Waals surface area contributed by atoms with Crippen molar-refractivity contribution < 1.29 is 9.53 Å². The number of benzene rings is 1. The number of nitrogens with zero attached hydrogens (tertiary/aromatic N) is 1. The summed E-state index contributed by atoms with van der Waals surface area (Å²) in [5.41, 5.74) is 1.52. The Hall–Kier alpha value is -0.520. The normalized spacial score (nSPS) is 24.9. The molecule has 27 heavy (non-hydrogen) atoms. The highest BCUT2D eigenvalue weighted by Crippen LogP contribution is 2.34. The van der Waals surface area contributed by atoms with Gasteiger partial charge in [0, 0.05) is 11.6 Å². The smallest absolute Gasteiger partial charge is 0.253 e. The molecule has 4 nitrogen and oxygen atoms in total. The predicted octanol–water partition coefficient (Wildman–Crippen LogP) is 4.70. The maximum Gasteiger partial charge on any atom is 0.253 e. The molecule has 1 N–H and O–H groups in total. The van der Waals surface area contributed by atoms with Crippen LogP contribution >= 0.6 is 34.8 Å². The molecular formula is C20H27Cl3N2O2. The summed E-state index contributed by atoms with van der Waals surface area (Å²) in [5, 5.41) is 2.74. The lowest BCUT2D eigenvalue weighted by molar-refractivity contribution is -0.0325. The molecule has 3 rings (SSSR count). The van der Waals surface area contributed by atoms with E-state index in [2.05, 4.69) is 10.2 Å². The first-order valence-corrected chi connectivity index (χ1v) is 10.8. The molecule has 0 spiro atoms. The number of rotatable bonds is 5. The van der Waals surface area contributed by atoms with Crippen LogP contribution in [0.3, 0.4) is 0 Å². The van der Waals surface area contributed by atoms with Gasteiger partial charge in [-0.05, 0) is 63.7 Å². The SMILES string of the molecule is Cc1cccc(C(=O)N[C@H](OC[C@@H]2CCCN3CCCC[C@@H]23)C(Cl)(Cl)Cl)c1. The minimum atomic E-state index is -1.74. The maximum absolute atomic E-state index is 12.6. The number of piperidine rings is 2. The summed E-state index contributed by atoms with van der Waals surface area (Å²) in [6.45, 7) is 4.74. The molecule has 1 amide bonds. The number of halogens is 3. The Morgan fingerprint density at radius 2 is 2.04 bits per heavy atom. The summed E-state index contributed by atoms with van der Waals surface area (Å²) in [6, 6.07) is 7.83. The van der Waals surface area contributed by atoms with Crippen LogP contribution in [0.15, 0.2) is 24.3 Å². The molecule has 7 heteroatoms. The second-order valence-electron chi connectivity index (χ2n) is 7.60. The minimum Gasteiger partial charge on any atom is -0.354 e. The van der Waals surface area contributed by atoms with Crippen molar-refractivity contribution in [2.45, 2.75) is 55.1 Å². The first kappa shape index (κ1) is 21.2. The molecule has 2 fully saturated rings. The number of hydrogen-bond acceptors (Lipinski definition) is 3. The van der Waals surface area contributed by atoms with Gasteiger partial charge in [-0.3, -0.25) is 4.79 Å². The van der Waals surface area contributed by atoms with Crippen molar-refractivity contribution in [3.05, 3.63) is 35.4 Å². The zero-order valence-corrected chi connectivity index (χ0v) is 17.9. The van der Waals surface area contributed by atoms with E-state index in [4.69, 9.17) is 39.5 Å². The van der Waals surface area contributed by atoms with Crippen molar-refractivity contribution in [1.82, 2.24) is 10.2 Å². The quantitative estimate of drug-likeness (QED) is 0.540. The van der Waals surface area contributed by atoms with Crippen molar-refractivity contribution in [2.75, 3.05) is 19.7 Å². The van der Waals surface area contributed by atoms with E-state index in [1.165, 1.54) is 38.8 Å². The first-order chi connectivity index (χ1) is 12.8. The van der Waals surface area contributed by atoms with Crippen molar-refractivity contribution in [2.24, 2.45) is 5.92 Å². The van der Waals surface area contributed by atoms with Crippen molar-refractivity contribution in [3.63, 3.8) is 0 Å². The van der Waals surface area contributed by atoms with E-state index in [9.17, 15) is 4.79 Å². The fourth-order valence-corrected chi connectivity index (χ4v) is 4.55. The first-order valence-electron chi connectivity index (χ1n) is 9.64. The van der Waals surface area contributed by atoms with Crippen LogP contribution in [0, 0.1) is 12.8 Å². The third-order valence-electron chi connectivity index (χ3n) is 5.55. The second-order valence-corrected chi connectivity index (χ2v) is 9.97. The van der Waals surface area contributed by atoms with Crippen LogP contribution < -0.4 is 5.32 Å². The molecule has 0 aromatic heterocycles. The Kier molecular flexibility index (Phi) is 7.32. The van der Waals surface area contributed by atoms with Gasteiger partial charge in [0.25, 0.3) is 5.91 Å². The van der Waals surface area contributed by atoms with Crippen LogP contribution in [0.25, 0.3) is 0 Å². The molecule has 150 valence electrons. The summed E-state index contributed by atoms with van der Waals surface area (Å²) in [4.78, 5) is 15.1. The summed E-state index contributed by atoms with van der Waals surface area (Å²) < 4.78 is 4.23. The van der Waals surface area contributed by atoms with Gasteiger partial charge in [-0.25, -0.2) is 0 Å². The van der Waals surface area contributed by atoms with Gasteiger partial charge in [0.05, 0.1) is 6.61 Å². The lowest BCUT2D eigenvalue weighted by Gasteiger charge is -2.44. The van der Waals surface area contributed by atoms with Gasteiger partial charge in [0.15, 0.2) is 6.23 Å².